The summed E-state index contributed by atoms with van der Waals surface area (Å²) in [5, 5.41) is 8.77. The minimum Gasteiger partial charge on any atom is -0.345 e. The Kier molecular flexibility index (Phi) is 2.28. The third kappa shape index (κ3) is 1.64. The second kappa shape index (κ2) is 3.36. The Labute approximate surface area is 90.5 Å². The summed E-state index contributed by atoms with van der Waals surface area (Å²) < 4.78 is 5.38. The van der Waals surface area contributed by atoms with Crippen LogP contribution in [0.4, 0.5) is 0 Å². The van der Waals surface area contributed by atoms with E-state index in [4.69, 9.17) is 10.00 Å². The zero-order chi connectivity index (χ0) is 11.1. The number of rotatable bonds is 2. The Balaban J connectivity index is 2.23. The van der Waals surface area contributed by atoms with E-state index in [1.807, 2.05) is 6.92 Å². The standard InChI is InChI=1S/C13H15NO/c1-9(2)10-4-6-11(7-5-10)13(3)12(8-14)15-13/h4-7,9,12H,1-3H3. The Bertz CT molecular complexity index is 402. The zero-order valence-electron chi connectivity index (χ0n) is 9.32. The average Bonchev–Trinajstić information content (AvgIpc) is 2.91. The van der Waals surface area contributed by atoms with Crippen molar-refractivity contribution in [3.05, 3.63) is 35.4 Å². The molecule has 0 radical (unpaired) electrons. The van der Waals surface area contributed by atoms with Gasteiger partial charge in [-0.05, 0) is 24.0 Å². The van der Waals surface area contributed by atoms with Gasteiger partial charge in [-0.25, -0.2) is 0 Å². The van der Waals surface area contributed by atoms with Crippen LogP contribution in [0.5, 0.6) is 0 Å². The predicted molar refractivity (Wildman–Crippen MR) is 58.4 cm³/mol. The van der Waals surface area contributed by atoms with Gasteiger partial charge in [0.25, 0.3) is 0 Å². The first-order chi connectivity index (χ1) is 7.08. The topological polar surface area (TPSA) is 36.3 Å². The molecular weight excluding hydrogens is 186 g/mol. The molecule has 0 N–H and O–H groups in total. The van der Waals surface area contributed by atoms with Crippen LogP contribution in [0.3, 0.4) is 0 Å². The van der Waals surface area contributed by atoms with E-state index in [9.17, 15) is 0 Å². The average molecular weight is 201 g/mol. The molecule has 1 heterocycles. The molecule has 2 heteroatoms. The highest BCUT2D eigenvalue weighted by molar-refractivity contribution is 5.34. The first-order valence-electron chi connectivity index (χ1n) is 5.26. The Morgan fingerprint density at radius 1 is 1.33 bits per heavy atom. The minimum atomic E-state index is -0.371. The van der Waals surface area contributed by atoms with Gasteiger partial charge >= 0.3 is 0 Å². The van der Waals surface area contributed by atoms with Gasteiger partial charge < -0.3 is 4.74 Å². The maximum Gasteiger partial charge on any atom is 0.178 e. The molecule has 0 spiro atoms. The van der Waals surface area contributed by atoms with Gasteiger partial charge in [0.2, 0.25) is 0 Å². The lowest BCUT2D eigenvalue weighted by Gasteiger charge is -2.09. The molecule has 1 saturated heterocycles. The van der Waals surface area contributed by atoms with Crippen LogP contribution in [0.25, 0.3) is 0 Å². The molecule has 2 unspecified atom stereocenters. The number of epoxide rings is 1. The molecule has 0 aliphatic carbocycles. The van der Waals surface area contributed by atoms with E-state index in [1.165, 1.54) is 5.56 Å². The summed E-state index contributed by atoms with van der Waals surface area (Å²) in [6, 6.07) is 10.5. The molecule has 1 aromatic rings. The van der Waals surface area contributed by atoms with Crippen LogP contribution >= 0.6 is 0 Å². The Morgan fingerprint density at radius 2 is 1.93 bits per heavy atom. The molecular formula is C13H15NO. The molecule has 15 heavy (non-hydrogen) atoms. The molecule has 1 aliphatic heterocycles. The fraction of sp³-hybridized carbons (Fsp3) is 0.462. The van der Waals surface area contributed by atoms with E-state index in [0.29, 0.717) is 5.92 Å². The van der Waals surface area contributed by atoms with E-state index in [-0.39, 0.29) is 11.7 Å². The van der Waals surface area contributed by atoms with E-state index < -0.39 is 0 Å². The lowest BCUT2D eigenvalue weighted by atomic mass is 9.94. The third-order valence-corrected chi connectivity index (χ3v) is 3.07. The van der Waals surface area contributed by atoms with Crippen LogP contribution in [-0.2, 0) is 10.3 Å². The number of nitrogens with zero attached hydrogens (tertiary/aromatic N) is 1. The van der Waals surface area contributed by atoms with Crippen LogP contribution in [-0.4, -0.2) is 6.10 Å². The van der Waals surface area contributed by atoms with Crippen molar-refractivity contribution in [3.8, 4) is 6.07 Å². The van der Waals surface area contributed by atoms with Gasteiger partial charge in [-0.3, -0.25) is 0 Å². The molecule has 78 valence electrons. The molecule has 1 fully saturated rings. The summed E-state index contributed by atoms with van der Waals surface area (Å²) in [5.41, 5.74) is 2.04. The highest BCUT2D eigenvalue weighted by Crippen LogP contribution is 2.45. The van der Waals surface area contributed by atoms with Crippen LogP contribution in [0.1, 0.15) is 37.8 Å². The normalized spacial score (nSPS) is 28.9. The first-order valence-corrected chi connectivity index (χ1v) is 5.26. The summed E-state index contributed by atoms with van der Waals surface area (Å²) in [6.07, 6.45) is -0.276. The molecule has 2 rings (SSSR count). The van der Waals surface area contributed by atoms with Crippen LogP contribution < -0.4 is 0 Å². The van der Waals surface area contributed by atoms with Crippen molar-refractivity contribution in [1.29, 1.82) is 5.26 Å². The SMILES string of the molecule is CC(C)c1ccc(C2(C)OC2C#N)cc1. The first kappa shape index (κ1) is 10.2. The monoisotopic (exact) mass is 201 g/mol. The molecule has 2 atom stereocenters. The van der Waals surface area contributed by atoms with Crippen LogP contribution in [0.15, 0.2) is 24.3 Å². The molecule has 2 nitrogen and oxygen atoms in total. The maximum absolute atomic E-state index is 8.77. The number of nitriles is 1. The molecule has 0 aromatic heterocycles. The van der Waals surface area contributed by atoms with Gasteiger partial charge in [0.1, 0.15) is 5.60 Å². The number of ether oxygens (including phenoxy) is 1. The van der Waals surface area contributed by atoms with Gasteiger partial charge in [-0.15, -0.1) is 0 Å². The predicted octanol–water partition coefficient (Wildman–Crippen LogP) is 2.95. The van der Waals surface area contributed by atoms with Crippen molar-refractivity contribution >= 4 is 0 Å². The van der Waals surface area contributed by atoms with E-state index in [2.05, 4.69) is 44.2 Å². The van der Waals surface area contributed by atoms with Gasteiger partial charge in [0.15, 0.2) is 6.10 Å². The van der Waals surface area contributed by atoms with Gasteiger partial charge in [0.05, 0.1) is 6.07 Å². The summed E-state index contributed by atoms with van der Waals surface area (Å²) in [4.78, 5) is 0. The summed E-state index contributed by atoms with van der Waals surface area (Å²) in [5.74, 6) is 0.541. The molecule has 0 amide bonds. The van der Waals surface area contributed by atoms with Crippen molar-refractivity contribution in [2.24, 2.45) is 0 Å². The van der Waals surface area contributed by atoms with Crippen LogP contribution in [0.2, 0.25) is 0 Å². The fourth-order valence-electron chi connectivity index (χ4n) is 1.78. The second-order valence-corrected chi connectivity index (χ2v) is 4.51. The second-order valence-electron chi connectivity index (χ2n) is 4.51. The quantitative estimate of drug-likeness (QED) is 0.690. The van der Waals surface area contributed by atoms with Crippen molar-refractivity contribution in [3.63, 3.8) is 0 Å². The van der Waals surface area contributed by atoms with Crippen molar-refractivity contribution in [2.45, 2.75) is 38.4 Å². The van der Waals surface area contributed by atoms with Crippen LogP contribution in [0, 0.1) is 11.3 Å². The molecule has 0 saturated carbocycles. The molecule has 0 bridgehead atoms. The summed E-state index contributed by atoms with van der Waals surface area (Å²) >= 11 is 0. The summed E-state index contributed by atoms with van der Waals surface area (Å²) in [6.45, 7) is 6.30. The largest absolute Gasteiger partial charge is 0.345 e. The van der Waals surface area contributed by atoms with Gasteiger partial charge in [-0.2, -0.15) is 5.26 Å². The highest BCUT2D eigenvalue weighted by atomic mass is 16.6. The van der Waals surface area contributed by atoms with E-state index in [0.717, 1.165) is 5.56 Å². The summed E-state index contributed by atoms with van der Waals surface area (Å²) in [7, 11) is 0. The van der Waals surface area contributed by atoms with E-state index in [1.54, 1.807) is 0 Å². The lowest BCUT2D eigenvalue weighted by Crippen LogP contribution is -2.06. The smallest absolute Gasteiger partial charge is 0.178 e. The highest BCUT2D eigenvalue weighted by Gasteiger charge is 2.54. The molecule has 1 aromatic carbocycles. The number of hydrogen-bond donors (Lipinski definition) is 0. The maximum atomic E-state index is 8.77. The van der Waals surface area contributed by atoms with Crippen molar-refractivity contribution in [2.75, 3.05) is 0 Å². The Hall–Kier alpha value is -1.33. The van der Waals surface area contributed by atoms with Gasteiger partial charge in [-0.1, -0.05) is 38.1 Å². The zero-order valence-corrected chi connectivity index (χ0v) is 9.32. The molecule has 1 aliphatic rings. The number of benzene rings is 1. The van der Waals surface area contributed by atoms with E-state index >= 15 is 0 Å². The lowest BCUT2D eigenvalue weighted by molar-refractivity contribution is 0.321. The Morgan fingerprint density at radius 3 is 2.33 bits per heavy atom. The fourth-order valence-corrected chi connectivity index (χ4v) is 1.78. The van der Waals surface area contributed by atoms with Gasteiger partial charge in [0, 0.05) is 0 Å². The number of hydrogen-bond acceptors (Lipinski definition) is 2. The minimum absolute atomic E-state index is 0.276. The van der Waals surface area contributed by atoms with Crippen molar-refractivity contribution < 1.29 is 4.74 Å². The van der Waals surface area contributed by atoms with Crippen molar-refractivity contribution in [1.82, 2.24) is 0 Å². The third-order valence-electron chi connectivity index (χ3n) is 3.07.